The van der Waals surface area contributed by atoms with Gasteiger partial charge in [0.25, 0.3) is 0 Å². The molecule has 0 saturated heterocycles. The lowest BCUT2D eigenvalue weighted by Gasteiger charge is -2.31. The summed E-state index contributed by atoms with van der Waals surface area (Å²) in [6, 6.07) is 1.40. The molecule has 16 heavy (non-hydrogen) atoms. The van der Waals surface area contributed by atoms with Crippen molar-refractivity contribution in [3.05, 3.63) is 11.8 Å². The van der Waals surface area contributed by atoms with E-state index in [2.05, 4.69) is 5.16 Å². The number of nitrogens with zero attached hydrogens (tertiary/aromatic N) is 1. The summed E-state index contributed by atoms with van der Waals surface area (Å²) in [5, 5.41) is 3.44. The van der Waals surface area contributed by atoms with Gasteiger partial charge in [0, 0.05) is 12.0 Å². The topological polar surface area (TPSA) is 52.0 Å². The smallest absolute Gasteiger partial charge is 0.381 e. The quantitative estimate of drug-likeness (QED) is 0.812. The number of alkyl halides is 3. The third-order valence-electron chi connectivity index (χ3n) is 3.10. The molecule has 90 valence electrons. The molecule has 2 atom stereocenters. The Morgan fingerprint density at radius 2 is 2.00 bits per heavy atom. The van der Waals surface area contributed by atoms with Gasteiger partial charge in [0.05, 0.1) is 5.92 Å². The minimum atomic E-state index is -4.17. The zero-order chi connectivity index (χ0) is 11.8. The Kier molecular flexibility index (Phi) is 2.82. The minimum Gasteiger partial charge on any atom is -0.381 e. The molecule has 0 aliphatic heterocycles. The fourth-order valence-corrected chi connectivity index (χ4v) is 2.34. The molecule has 1 aliphatic rings. The van der Waals surface area contributed by atoms with Crippen LogP contribution >= 0.6 is 0 Å². The van der Waals surface area contributed by atoms with Gasteiger partial charge in [-0.25, -0.2) is 0 Å². The number of hydrogen-bond donors (Lipinski definition) is 1. The Morgan fingerprint density at radius 1 is 1.31 bits per heavy atom. The summed E-state index contributed by atoms with van der Waals surface area (Å²) in [6.45, 7) is 0. The third kappa shape index (κ3) is 2.15. The number of halogens is 3. The molecule has 0 amide bonds. The second-order valence-corrected chi connectivity index (χ2v) is 4.19. The molecule has 1 heterocycles. The van der Waals surface area contributed by atoms with Crippen molar-refractivity contribution in [1.82, 2.24) is 5.16 Å². The standard InChI is InChI=1S/C10H13F3N2O/c11-10(12,13)7-4-2-1-3-6(7)8-5-9(14)15-16-8/h5-7H,1-4H2,(H2,14,15). The molecule has 1 saturated carbocycles. The molecule has 2 N–H and O–H groups in total. The average molecular weight is 234 g/mol. The van der Waals surface area contributed by atoms with E-state index in [4.69, 9.17) is 10.3 Å². The van der Waals surface area contributed by atoms with Crippen molar-refractivity contribution in [3.63, 3.8) is 0 Å². The maximum Gasteiger partial charge on any atom is 0.392 e. The maximum absolute atomic E-state index is 12.8. The van der Waals surface area contributed by atoms with Crippen molar-refractivity contribution in [2.75, 3.05) is 5.73 Å². The van der Waals surface area contributed by atoms with Gasteiger partial charge in [0.1, 0.15) is 5.76 Å². The molecule has 3 nitrogen and oxygen atoms in total. The lowest BCUT2D eigenvalue weighted by Crippen LogP contribution is -2.31. The fourth-order valence-electron chi connectivity index (χ4n) is 2.34. The number of nitrogen functional groups attached to an aromatic ring is 1. The number of anilines is 1. The SMILES string of the molecule is Nc1cc(C2CCCCC2C(F)(F)F)on1. The van der Waals surface area contributed by atoms with Crippen LogP contribution in [0.3, 0.4) is 0 Å². The van der Waals surface area contributed by atoms with Gasteiger partial charge in [-0.05, 0) is 12.8 Å². The van der Waals surface area contributed by atoms with Crippen LogP contribution in [0.25, 0.3) is 0 Å². The van der Waals surface area contributed by atoms with E-state index in [0.717, 1.165) is 6.42 Å². The van der Waals surface area contributed by atoms with Gasteiger partial charge in [0.15, 0.2) is 5.82 Å². The molecule has 0 radical (unpaired) electrons. The summed E-state index contributed by atoms with van der Waals surface area (Å²) in [7, 11) is 0. The molecule has 0 aromatic carbocycles. The maximum atomic E-state index is 12.8. The predicted molar refractivity (Wildman–Crippen MR) is 51.7 cm³/mol. The molecule has 0 spiro atoms. The van der Waals surface area contributed by atoms with Crippen LogP contribution in [0.5, 0.6) is 0 Å². The van der Waals surface area contributed by atoms with Gasteiger partial charge in [-0.3, -0.25) is 0 Å². The van der Waals surface area contributed by atoms with Crippen LogP contribution in [0.1, 0.15) is 37.4 Å². The lowest BCUT2D eigenvalue weighted by atomic mass is 9.77. The highest BCUT2D eigenvalue weighted by atomic mass is 19.4. The van der Waals surface area contributed by atoms with E-state index in [9.17, 15) is 13.2 Å². The lowest BCUT2D eigenvalue weighted by molar-refractivity contribution is -0.188. The van der Waals surface area contributed by atoms with Crippen molar-refractivity contribution in [3.8, 4) is 0 Å². The number of rotatable bonds is 1. The number of hydrogen-bond acceptors (Lipinski definition) is 3. The van der Waals surface area contributed by atoms with E-state index >= 15 is 0 Å². The van der Waals surface area contributed by atoms with Crippen LogP contribution in [0, 0.1) is 5.92 Å². The number of nitrogens with two attached hydrogens (primary N) is 1. The van der Waals surface area contributed by atoms with Gasteiger partial charge < -0.3 is 10.3 Å². The van der Waals surface area contributed by atoms with E-state index in [1.807, 2.05) is 0 Å². The Morgan fingerprint density at radius 3 is 2.56 bits per heavy atom. The first-order valence-electron chi connectivity index (χ1n) is 5.27. The molecule has 0 bridgehead atoms. The fraction of sp³-hybridized carbons (Fsp3) is 0.700. The van der Waals surface area contributed by atoms with Crippen LogP contribution in [-0.2, 0) is 0 Å². The van der Waals surface area contributed by atoms with Crippen LogP contribution in [0.2, 0.25) is 0 Å². The highest BCUT2D eigenvalue weighted by Crippen LogP contribution is 2.46. The zero-order valence-electron chi connectivity index (χ0n) is 8.63. The summed E-state index contributed by atoms with van der Waals surface area (Å²) in [6.07, 6.45) is -2.12. The highest BCUT2D eigenvalue weighted by Gasteiger charge is 2.47. The molecule has 1 fully saturated rings. The molecule has 6 heteroatoms. The summed E-state index contributed by atoms with van der Waals surface area (Å²) >= 11 is 0. The summed E-state index contributed by atoms with van der Waals surface area (Å²) in [4.78, 5) is 0. The van der Waals surface area contributed by atoms with Crippen LogP contribution < -0.4 is 5.73 Å². The Balaban J connectivity index is 2.23. The van der Waals surface area contributed by atoms with Gasteiger partial charge in [0.2, 0.25) is 0 Å². The summed E-state index contributed by atoms with van der Waals surface area (Å²) in [5.74, 6) is -1.55. The molecular formula is C10H13F3N2O. The van der Waals surface area contributed by atoms with Crippen LogP contribution in [0.15, 0.2) is 10.6 Å². The van der Waals surface area contributed by atoms with Crippen molar-refractivity contribution < 1.29 is 17.7 Å². The second-order valence-electron chi connectivity index (χ2n) is 4.19. The van der Waals surface area contributed by atoms with Gasteiger partial charge in [-0.2, -0.15) is 13.2 Å². The van der Waals surface area contributed by atoms with E-state index in [0.29, 0.717) is 12.8 Å². The molecule has 1 aliphatic carbocycles. The summed E-state index contributed by atoms with van der Waals surface area (Å²) < 4.78 is 43.2. The minimum absolute atomic E-state index is 0.140. The van der Waals surface area contributed by atoms with Crippen LogP contribution in [0.4, 0.5) is 19.0 Å². The van der Waals surface area contributed by atoms with E-state index in [1.54, 1.807) is 0 Å². The van der Waals surface area contributed by atoms with E-state index < -0.39 is 18.0 Å². The number of aromatic nitrogens is 1. The Bertz CT molecular complexity index is 361. The van der Waals surface area contributed by atoms with Crippen molar-refractivity contribution in [2.24, 2.45) is 5.92 Å². The normalized spacial score (nSPS) is 26.9. The summed E-state index contributed by atoms with van der Waals surface area (Å²) in [5.41, 5.74) is 5.35. The first-order valence-corrected chi connectivity index (χ1v) is 5.27. The molecule has 2 unspecified atom stereocenters. The molecular weight excluding hydrogens is 221 g/mol. The first kappa shape index (κ1) is 11.3. The van der Waals surface area contributed by atoms with Gasteiger partial charge in [-0.1, -0.05) is 18.0 Å². The Labute approximate surface area is 90.8 Å². The Hall–Kier alpha value is -1.20. The van der Waals surface area contributed by atoms with Gasteiger partial charge >= 0.3 is 6.18 Å². The zero-order valence-corrected chi connectivity index (χ0v) is 8.63. The first-order chi connectivity index (χ1) is 7.48. The second kappa shape index (κ2) is 3.99. The van der Waals surface area contributed by atoms with Crippen molar-refractivity contribution in [2.45, 2.75) is 37.8 Å². The van der Waals surface area contributed by atoms with Gasteiger partial charge in [-0.15, -0.1) is 0 Å². The molecule has 2 rings (SSSR count). The van der Waals surface area contributed by atoms with E-state index in [1.165, 1.54) is 6.07 Å². The largest absolute Gasteiger partial charge is 0.392 e. The predicted octanol–water partition coefficient (Wildman–Crippen LogP) is 3.09. The average Bonchev–Trinajstić information content (AvgIpc) is 2.64. The van der Waals surface area contributed by atoms with Crippen molar-refractivity contribution >= 4 is 5.82 Å². The monoisotopic (exact) mass is 234 g/mol. The third-order valence-corrected chi connectivity index (χ3v) is 3.10. The molecule has 1 aromatic heterocycles. The van der Waals surface area contributed by atoms with Crippen LogP contribution in [-0.4, -0.2) is 11.3 Å². The highest BCUT2D eigenvalue weighted by molar-refractivity contribution is 5.28. The van der Waals surface area contributed by atoms with Crippen molar-refractivity contribution in [1.29, 1.82) is 0 Å². The van der Waals surface area contributed by atoms with E-state index in [-0.39, 0.29) is 18.0 Å². The molecule has 1 aromatic rings.